The van der Waals surface area contributed by atoms with Gasteiger partial charge in [0.25, 0.3) is 5.56 Å². The van der Waals surface area contributed by atoms with Gasteiger partial charge in [0.15, 0.2) is 0 Å². The topological polar surface area (TPSA) is 107 Å². The van der Waals surface area contributed by atoms with Gasteiger partial charge >= 0.3 is 0 Å². The summed E-state index contributed by atoms with van der Waals surface area (Å²) in [5.74, 6) is 1.01. The van der Waals surface area contributed by atoms with Gasteiger partial charge in [0.2, 0.25) is 5.95 Å². The van der Waals surface area contributed by atoms with Crippen molar-refractivity contribution in [2.75, 3.05) is 30.3 Å². The van der Waals surface area contributed by atoms with E-state index in [0.29, 0.717) is 35.3 Å². The van der Waals surface area contributed by atoms with Gasteiger partial charge in [0.05, 0.1) is 17.8 Å². The number of aromatic nitrogens is 3. The molecule has 118 valence electrons. The van der Waals surface area contributed by atoms with Gasteiger partial charge in [-0.05, 0) is 25.1 Å². The summed E-state index contributed by atoms with van der Waals surface area (Å²) in [5, 5.41) is 10.2. The third-order valence-electron chi connectivity index (χ3n) is 3.92. The Kier molecular flexibility index (Phi) is 3.51. The summed E-state index contributed by atoms with van der Waals surface area (Å²) in [5.41, 5.74) is 1.23. The van der Waals surface area contributed by atoms with Gasteiger partial charge in [-0.1, -0.05) is 0 Å². The van der Waals surface area contributed by atoms with Crippen LogP contribution in [0.25, 0.3) is 10.9 Å². The maximum absolute atomic E-state index is 12.2. The zero-order chi connectivity index (χ0) is 15.6. The van der Waals surface area contributed by atoms with Crippen LogP contribution in [0.1, 0.15) is 6.42 Å². The summed E-state index contributed by atoms with van der Waals surface area (Å²) in [7, 11) is 0. The number of aromatic amines is 1. The first-order valence-electron chi connectivity index (χ1n) is 7.63. The Balaban J connectivity index is 1.76. The Morgan fingerprint density at radius 3 is 3.04 bits per heavy atom. The van der Waals surface area contributed by atoms with Crippen LogP contribution in [0.5, 0.6) is 0 Å². The van der Waals surface area contributed by atoms with Gasteiger partial charge < -0.3 is 20.9 Å². The molecule has 4 N–H and O–H groups in total. The zero-order valence-corrected chi connectivity index (χ0v) is 12.5. The number of fused-ring (bicyclic) bond motifs is 1. The summed E-state index contributed by atoms with van der Waals surface area (Å²) < 4.78 is 0. The van der Waals surface area contributed by atoms with E-state index in [0.717, 1.165) is 25.2 Å². The molecule has 2 aromatic rings. The molecule has 0 radical (unpaired) electrons. The summed E-state index contributed by atoms with van der Waals surface area (Å²) >= 11 is 0. The summed E-state index contributed by atoms with van der Waals surface area (Å²) in [6.07, 6.45) is 6.30. The first kappa shape index (κ1) is 13.9. The maximum Gasteiger partial charge on any atom is 0.261 e. The molecule has 0 amide bonds. The van der Waals surface area contributed by atoms with Gasteiger partial charge in [-0.25, -0.2) is 4.98 Å². The molecule has 2 aromatic heterocycles. The lowest BCUT2D eigenvalue weighted by Crippen LogP contribution is -2.24. The number of anilines is 2. The highest BCUT2D eigenvalue weighted by atomic mass is 16.1. The molecule has 1 saturated heterocycles. The van der Waals surface area contributed by atoms with Crippen LogP contribution < -0.4 is 21.5 Å². The van der Waals surface area contributed by atoms with E-state index in [-0.39, 0.29) is 5.56 Å². The normalized spacial score (nSPS) is 20.0. The van der Waals surface area contributed by atoms with Gasteiger partial charge in [0, 0.05) is 25.0 Å². The van der Waals surface area contributed by atoms with Crippen LogP contribution in [-0.4, -0.2) is 46.8 Å². The molecule has 4 heterocycles. The van der Waals surface area contributed by atoms with E-state index in [1.807, 2.05) is 6.08 Å². The number of nitrogens with one attached hydrogen (secondary N) is 4. The predicted molar refractivity (Wildman–Crippen MR) is 90.1 cm³/mol. The Bertz CT molecular complexity index is 849. The number of pyridine rings is 1. The molecule has 23 heavy (non-hydrogen) atoms. The van der Waals surface area contributed by atoms with E-state index in [9.17, 15) is 4.79 Å². The lowest BCUT2D eigenvalue weighted by molar-refractivity contribution is 0.782. The van der Waals surface area contributed by atoms with E-state index < -0.39 is 0 Å². The van der Waals surface area contributed by atoms with Crippen LogP contribution in [0.3, 0.4) is 0 Å². The molecular weight excluding hydrogens is 294 g/mol. The number of aliphatic imine (C=N–C) groups is 1. The third-order valence-corrected chi connectivity index (χ3v) is 3.92. The lowest BCUT2D eigenvalue weighted by Gasteiger charge is -2.14. The Hall–Kier alpha value is -2.74. The van der Waals surface area contributed by atoms with Crippen molar-refractivity contribution in [1.82, 2.24) is 20.3 Å². The molecule has 1 fully saturated rings. The number of rotatable bonds is 4. The predicted octanol–water partition coefficient (Wildman–Crippen LogP) is 0.472. The molecule has 2 aliphatic heterocycles. The van der Waals surface area contributed by atoms with Crippen molar-refractivity contribution in [3.63, 3.8) is 0 Å². The van der Waals surface area contributed by atoms with Crippen LogP contribution >= 0.6 is 0 Å². The smallest absolute Gasteiger partial charge is 0.261 e. The van der Waals surface area contributed by atoms with Crippen LogP contribution in [0, 0.1) is 0 Å². The minimum absolute atomic E-state index is 0.213. The van der Waals surface area contributed by atoms with Crippen molar-refractivity contribution >= 4 is 28.9 Å². The van der Waals surface area contributed by atoms with E-state index in [1.165, 1.54) is 0 Å². The van der Waals surface area contributed by atoms with Crippen molar-refractivity contribution in [2.45, 2.75) is 12.5 Å². The quantitative estimate of drug-likeness (QED) is 0.654. The molecule has 0 spiro atoms. The maximum atomic E-state index is 12.2. The Morgan fingerprint density at radius 1 is 1.30 bits per heavy atom. The van der Waals surface area contributed by atoms with Crippen LogP contribution in [0.4, 0.5) is 11.8 Å². The monoisotopic (exact) mass is 311 g/mol. The molecular formula is C15H17N7O. The molecule has 8 heteroatoms. The molecule has 0 aromatic carbocycles. The van der Waals surface area contributed by atoms with E-state index in [2.05, 4.69) is 35.9 Å². The number of hydrogen-bond donors (Lipinski definition) is 4. The van der Waals surface area contributed by atoms with Crippen LogP contribution in [0.15, 0.2) is 33.8 Å². The van der Waals surface area contributed by atoms with E-state index in [1.54, 1.807) is 18.5 Å². The fraction of sp³-hybridized carbons (Fsp3) is 0.333. The van der Waals surface area contributed by atoms with E-state index >= 15 is 0 Å². The minimum Gasteiger partial charge on any atom is -0.350 e. The molecule has 0 bridgehead atoms. The average molecular weight is 311 g/mol. The number of nitrogens with zero attached hydrogens (tertiary/aromatic N) is 3. The Labute approximate surface area is 132 Å². The zero-order valence-electron chi connectivity index (χ0n) is 12.5. The molecule has 2 aliphatic rings. The second kappa shape index (κ2) is 5.81. The van der Waals surface area contributed by atoms with Crippen molar-refractivity contribution < 1.29 is 0 Å². The van der Waals surface area contributed by atoms with Crippen molar-refractivity contribution in [3.8, 4) is 0 Å². The fourth-order valence-corrected chi connectivity index (χ4v) is 2.78. The number of hydrogen-bond acceptors (Lipinski definition) is 7. The second-order valence-corrected chi connectivity index (χ2v) is 5.58. The van der Waals surface area contributed by atoms with Crippen molar-refractivity contribution in [1.29, 1.82) is 0 Å². The largest absolute Gasteiger partial charge is 0.350 e. The molecule has 1 atom stereocenters. The van der Waals surface area contributed by atoms with Crippen molar-refractivity contribution in [3.05, 3.63) is 34.4 Å². The summed E-state index contributed by atoms with van der Waals surface area (Å²) in [6.45, 7) is 2.51. The molecule has 0 unspecified atom stereocenters. The highest BCUT2D eigenvalue weighted by molar-refractivity contribution is 5.93. The highest BCUT2D eigenvalue weighted by Crippen LogP contribution is 2.21. The SMILES string of the molecule is O=c1[nH]ccc2nc(N[C@@H]3CCNC3)nc(NC3=CCN=C3)c12. The van der Waals surface area contributed by atoms with Gasteiger partial charge in [-0.2, -0.15) is 4.98 Å². The minimum atomic E-state index is -0.213. The molecule has 0 saturated carbocycles. The third kappa shape index (κ3) is 2.80. The first-order valence-corrected chi connectivity index (χ1v) is 7.63. The standard InChI is InChI=1S/C15H17N7O/c23-14-12-11(3-6-18-14)21-15(20-10-2-5-17-8-10)22-13(12)19-9-1-4-16-7-9/h1,3,6-7,10,17H,2,4-5,8H2,(H,18,23)(H2,19,20,21,22)/t10-/m1/s1. The number of H-pyrrole nitrogens is 1. The summed E-state index contributed by atoms with van der Waals surface area (Å²) in [6, 6.07) is 2.08. The second-order valence-electron chi connectivity index (χ2n) is 5.58. The Morgan fingerprint density at radius 2 is 2.26 bits per heavy atom. The van der Waals surface area contributed by atoms with Crippen molar-refractivity contribution in [2.24, 2.45) is 4.99 Å². The fourth-order valence-electron chi connectivity index (χ4n) is 2.78. The lowest BCUT2D eigenvalue weighted by atomic mass is 10.2. The number of allylic oxidation sites excluding steroid dienone is 1. The van der Waals surface area contributed by atoms with Gasteiger partial charge in [-0.3, -0.25) is 9.79 Å². The van der Waals surface area contributed by atoms with Gasteiger partial charge in [-0.15, -0.1) is 0 Å². The first-order chi connectivity index (χ1) is 11.3. The van der Waals surface area contributed by atoms with Crippen LogP contribution in [0.2, 0.25) is 0 Å². The average Bonchev–Trinajstić information content (AvgIpc) is 3.21. The van der Waals surface area contributed by atoms with Crippen LogP contribution in [-0.2, 0) is 0 Å². The molecule has 4 rings (SSSR count). The van der Waals surface area contributed by atoms with Gasteiger partial charge in [0.1, 0.15) is 11.2 Å². The van der Waals surface area contributed by atoms with E-state index in [4.69, 9.17) is 0 Å². The highest BCUT2D eigenvalue weighted by Gasteiger charge is 2.17. The molecule has 0 aliphatic carbocycles. The summed E-state index contributed by atoms with van der Waals surface area (Å²) in [4.78, 5) is 28.0. The molecule has 8 nitrogen and oxygen atoms in total.